The topological polar surface area (TPSA) is 162 Å². The van der Waals surface area contributed by atoms with Crippen molar-refractivity contribution in [3.05, 3.63) is 71.4 Å². The van der Waals surface area contributed by atoms with Crippen molar-refractivity contribution in [2.24, 2.45) is 11.5 Å². The van der Waals surface area contributed by atoms with Crippen LogP contribution in [-0.4, -0.2) is 52.3 Å². The van der Waals surface area contributed by atoms with Crippen molar-refractivity contribution in [3.8, 4) is 11.3 Å². The Kier molecular flexibility index (Phi) is 5.99. The number of Topliss-reactive ketones (excluding diaryl/α,β-unsaturated/α-hetero) is 1. The van der Waals surface area contributed by atoms with Gasteiger partial charge in [-0.25, -0.2) is 0 Å². The Morgan fingerprint density at radius 3 is 2.76 bits per heavy atom. The van der Waals surface area contributed by atoms with Gasteiger partial charge in [-0.1, -0.05) is 36.4 Å². The number of nitrogens with two attached hydrogens (primary N) is 3. The van der Waals surface area contributed by atoms with Gasteiger partial charge in [-0.05, 0) is 42.6 Å². The fourth-order valence-corrected chi connectivity index (χ4v) is 7.26. The molecule has 10 heteroatoms. The number of hydrogen-bond donors (Lipinski definition) is 5. The average Bonchev–Trinajstić information content (AvgIpc) is 3.34. The molecule has 190 valence electrons. The van der Waals surface area contributed by atoms with E-state index >= 15 is 0 Å². The molecule has 5 unspecified atom stereocenters. The molecule has 1 amide bonds. The van der Waals surface area contributed by atoms with Gasteiger partial charge in [-0.2, -0.15) is 10.2 Å². The lowest BCUT2D eigenvalue weighted by Crippen LogP contribution is -2.61. The zero-order chi connectivity index (χ0) is 25.7. The minimum Gasteiger partial charge on any atom is -0.398 e. The molecule has 9 nitrogen and oxygen atoms in total. The number of anilines is 1. The van der Waals surface area contributed by atoms with Gasteiger partial charge in [-0.3, -0.25) is 9.59 Å². The molecular formula is C27H29N7O2S. The van der Waals surface area contributed by atoms with Crippen LogP contribution in [0.1, 0.15) is 35.4 Å². The highest BCUT2D eigenvalue weighted by atomic mass is 32.2. The maximum Gasteiger partial charge on any atom is 0.234 e. The highest BCUT2D eigenvalue weighted by Gasteiger charge is 2.57. The van der Waals surface area contributed by atoms with Gasteiger partial charge in [-0.15, -0.1) is 11.8 Å². The Morgan fingerprint density at radius 2 is 2.00 bits per heavy atom. The second-order valence-corrected chi connectivity index (χ2v) is 11.1. The van der Waals surface area contributed by atoms with E-state index in [9.17, 15) is 9.59 Å². The molecule has 2 aromatic carbocycles. The molecule has 37 heavy (non-hydrogen) atoms. The van der Waals surface area contributed by atoms with Gasteiger partial charge < -0.3 is 27.8 Å². The molecule has 8 N–H and O–H groups in total. The number of nitrogens with zero attached hydrogens (tertiary/aromatic N) is 2. The summed E-state index contributed by atoms with van der Waals surface area (Å²) < 4.78 is 0. The maximum atomic E-state index is 14.0. The van der Waals surface area contributed by atoms with Crippen LogP contribution in [-0.2, 0) is 15.1 Å². The Hall–Kier alpha value is -3.31. The molecular weight excluding hydrogens is 486 g/mol. The highest BCUT2D eigenvalue weighted by molar-refractivity contribution is 8.01. The number of hydrogen-bond acceptors (Lipinski definition) is 9. The quantitative estimate of drug-likeness (QED) is 0.322. The number of nitrogens with one attached hydrogen (secondary N) is 2. The summed E-state index contributed by atoms with van der Waals surface area (Å²) in [6.07, 6.45) is 3.43. The summed E-state index contributed by atoms with van der Waals surface area (Å²) in [5.74, 6) is -1.01. The van der Waals surface area contributed by atoms with Crippen molar-refractivity contribution < 1.29 is 9.59 Å². The summed E-state index contributed by atoms with van der Waals surface area (Å²) in [5.41, 5.74) is 22.4. The number of aromatic nitrogens is 2. The zero-order valence-electron chi connectivity index (χ0n) is 20.2. The molecule has 1 aromatic heterocycles. The van der Waals surface area contributed by atoms with Gasteiger partial charge >= 0.3 is 0 Å². The van der Waals surface area contributed by atoms with Gasteiger partial charge in [0, 0.05) is 40.2 Å². The molecule has 0 saturated carbocycles. The molecule has 5 atom stereocenters. The lowest BCUT2D eigenvalue weighted by molar-refractivity contribution is -0.126. The third-order valence-electron chi connectivity index (χ3n) is 7.72. The van der Waals surface area contributed by atoms with Crippen LogP contribution in [0.4, 0.5) is 5.69 Å². The van der Waals surface area contributed by atoms with Crippen LogP contribution in [0.2, 0.25) is 0 Å². The summed E-state index contributed by atoms with van der Waals surface area (Å²) in [5, 5.41) is 14.3. The molecule has 0 radical (unpaired) electrons. The second kappa shape index (κ2) is 9.21. The Labute approximate surface area is 219 Å². The van der Waals surface area contributed by atoms with Gasteiger partial charge in [0.1, 0.15) is 5.54 Å². The van der Waals surface area contributed by atoms with Crippen molar-refractivity contribution in [2.45, 2.75) is 46.5 Å². The number of amides is 1. The number of carbonyl (C=O) groups is 2. The molecule has 6 rings (SSSR count). The standard InChI is InChI=1S/C27H29N7O2S/c28-18-9-8-17-20-21(24(37-23(18)20)26(36)33-16-7-4-10-31-13-16)22(29)25(35)27(17,30)15-11-19(34-32-12-15)14-5-2-1-3-6-14/h1-3,5-6,8-9,11-12,16,21-22,24,31H,4,7,10,13,28-30H2,(H,33,36). The van der Waals surface area contributed by atoms with Crippen LogP contribution in [0, 0.1) is 0 Å². The first-order chi connectivity index (χ1) is 17.9. The Bertz CT molecular complexity index is 1380. The molecule has 3 heterocycles. The van der Waals surface area contributed by atoms with Crippen LogP contribution in [0.5, 0.6) is 0 Å². The molecule has 3 aliphatic rings. The van der Waals surface area contributed by atoms with E-state index in [0.717, 1.165) is 42.0 Å². The number of benzene rings is 2. The lowest BCUT2D eigenvalue weighted by atomic mass is 9.65. The van der Waals surface area contributed by atoms with Crippen LogP contribution in [0.3, 0.4) is 0 Å². The van der Waals surface area contributed by atoms with Crippen LogP contribution in [0.25, 0.3) is 11.3 Å². The van der Waals surface area contributed by atoms with Crippen molar-refractivity contribution in [2.75, 3.05) is 18.8 Å². The summed E-state index contributed by atoms with van der Waals surface area (Å²) >= 11 is 1.37. The molecule has 1 saturated heterocycles. The van der Waals surface area contributed by atoms with Crippen LogP contribution < -0.4 is 27.8 Å². The van der Waals surface area contributed by atoms with E-state index in [4.69, 9.17) is 17.2 Å². The van der Waals surface area contributed by atoms with Gasteiger partial charge in [0.25, 0.3) is 0 Å². The van der Waals surface area contributed by atoms with E-state index in [0.29, 0.717) is 22.5 Å². The Morgan fingerprint density at radius 1 is 1.19 bits per heavy atom. The molecule has 0 bridgehead atoms. The third kappa shape index (κ3) is 3.83. The first-order valence-corrected chi connectivity index (χ1v) is 13.4. The van der Waals surface area contributed by atoms with Crippen LogP contribution >= 0.6 is 11.8 Å². The number of rotatable bonds is 4. The summed E-state index contributed by atoms with van der Waals surface area (Å²) in [4.78, 5) is 28.3. The molecule has 0 spiro atoms. The highest BCUT2D eigenvalue weighted by Crippen LogP contribution is 2.56. The minimum absolute atomic E-state index is 0.0470. The second-order valence-electron chi connectivity index (χ2n) is 9.95. The van der Waals surface area contributed by atoms with Gasteiger partial charge in [0.05, 0.1) is 23.2 Å². The number of nitrogen functional groups attached to an aromatic ring is 1. The Balaban J connectivity index is 1.42. The third-order valence-corrected chi connectivity index (χ3v) is 9.17. The number of carbonyl (C=O) groups excluding carboxylic acids is 2. The van der Waals surface area contributed by atoms with E-state index in [-0.39, 0.29) is 17.7 Å². The van der Waals surface area contributed by atoms with E-state index in [1.54, 1.807) is 18.2 Å². The van der Waals surface area contributed by atoms with Crippen molar-refractivity contribution in [1.29, 1.82) is 0 Å². The fraction of sp³-hybridized carbons (Fsp3) is 0.333. The largest absolute Gasteiger partial charge is 0.398 e. The normalized spacial score (nSPS) is 28.5. The molecule has 3 aromatic rings. The molecule has 1 aliphatic carbocycles. The van der Waals surface area contributed by atoms with E-state index in [1.165, 1.54) is 18.0 Å². The first-order valence-electron chi connectivity index (χ1n) is 12.5. The summed E-state index contributed by atoms with van der Waals surface area (Å²) in [7, 11) is 0. The fourth-order valence-electron chi connectivity index (χ4n) is 5.81. The SMILES string of the molecule is Nc1ccc2c3c1SC(C(=O)NC1CCCNC1)C3C(N)C(=O)C2(N)c1cnnc(-c2ccccc2)c1. The van der Waals surface area contributed by atoms with Crippen molar-refractivity contribution in [1.82, 2.24) is 20.8 Å². The average molecular weight is 516 g/mol. The predicted molar refractivity (Wildman–Crippen MR) is 143 cm³/mol. The number of piperidine rings is 1. The smallest absolute Gasteiger partial charge is 0.234 e. The minimum atomic E-state index is -1.55. The molecule has 2 aliphatic heterocycles. The number of ketones is 1. The van der Waals surface area contributed by atoms with E-state index in [1.807, 2.05) is 30.3 Å². The molecule has 1 fully saturated rings. The van der Waals surface area contributed by atoms with Crippen molar-refractivity contribution in [3.63, 3.8) is 0 Å². The van der Waals surface area contributed by atoms with E-state index < -0.39 is 22.7 Å². The summed E-state index contributed by atoms with van der Waals surface area (Å²) in [6, 6.07) is 14.0. The number of thioether (sulfide) groups is 1. The van der Waals surface area contributed by atoms with Crippen molar-refractivity contribution >= 4 is 29.1 Å². The summed E-state index contributed by atoms with van der Waals surface area (Å²) in [6.45, 7) is 1.68. The van der Waals surface area contributed by atoms with Crippen LogP contribution in [0.15, 0.2) is 59.6 Å². The maximum absolute atomic E-state index is 14.0. The zero-order valence-corrected chi connectivity index (χ0v) is 21.0. The van der Waals surface area contributed by atoms with Gasteiger partial charge in [0.2, 0.25) is 5.91 Å². The van der Waals surface area contributed by atoms with Gasteiger partial charge in [0.15, 0.2) is 5.78 Å². The lowest BCUT2D eigenvalue weighted by Gasteiger charge is -2.41. The van der Waals surface area contributed by atoms with E-state index in [2.05, 4.69) is 20.8 Å². The first kappa shape index (κ1) is 24.1. The monoisotopic (exact) mass is 515 g/mol. The predicted octanol–water partition coefficient (Wildman–Crippen LogP) is 1.26.